The lowest BCUT2D eigenvalue weighted by molar-refractivity contribution is -0.138. The molecule has 0 fully saturated rings. The second-order valence-corrected chi connectivity index (χ2v) is 4.39. The fraction of sp³-hybridized carbons (Fsp3) is 0.250. The van der Waals surface area contributed by atoms with E-state index in [2.05, 4.69) is 0 Å². The molecule has 2 rings (SSSR count). The third-order valence-corrected chi connectivity index (χ3v) is 2.95. The third kappa shape index (κ3) is 3.19. The van der Waals surface area contributed by atoms with Gasteiger partial charge in [0.05, 0.1) is 5.56 Å². The molecule has 19 heavy (non-hydrogen) atoms. The molecule has 3 heteroatoms. The molecule has 0 bridgehead atoms. The molecule has 0 unspecified atom stereocenters. The van der Waals surface area contributed by atoms with Gasteiger partial charge >= 0.3 is 11.9 Å². The number of benzene rings is 2. The molecule has 0 amide bonds. The predicted octanol–water partition coefficient (Wildman–Crippen LogP) is 3.71. The molecule has 0 aliphatic rings. The lowest BCUT2D eigenvalue weighted by atomic mass is 10.0. The van der Waals surface area contributed by atoms with Crippen LogP contribution in [0.2, 0.25) is 0 Å². The van der Waals surface area contributed by atoms with Gasteiger partial charge in [-0.3, -0.25) is 4.79 Å². The van der Waals surface area contributed by atoms with Crippen molar-refractivity contribution in [3.63, 3.8) is 0 Å². The van der Waals surface area contributed by atoms with Crippen LogP contribution in [0.4, 0.5) is 0 Å². The van der Waals surface area contributed by atoms with Crippen LogP contribution in [-0.4, -0.2) is 11.9 Å². The Balaban J connectivity index is 2.20. The molecule has 0 N–H and O–H groups in total. The number of hydrogen-bond acceptors (Lipinski definition) is 3. The average Bonchev–Trinajstić information content (AvgIpc) is 2.44. The van der Waals surface area contributed by atoms with Crippen molar-refractivity contribution in [1.82, 2.24) is 0 Å². The number of hydrogen-bond donors (Lipinski definition) is 0. The molecule has 0 saturated heterocycles. The van der Waals surface area contributed by atoms with Crippen LogP contribution in [0.3, 0.4) is 0 Å². The second-order valence-electron chi connectivity index (χ2n) is 4.39. The number of ether oxygens (including phenoxy) is 1. The largest absolute Gasteiger partial charge is 0.389 e. The molecule has 0 atom stereocenters. The van der Waals surface area contributed by atoms with E-state index in [0.29, 0.717) is 5.56 Å². The van der Waals surface area contributed by atoms with E-state index in [9.17, 15) is 9.59 Å². The molecule has 3 nitrogen and oxygen atoms in total. The van der Waals surface area contributed by atoms with E-state index in [1.165, 1.54) is 0 Å². The molecule has 0 heterocycles. The Bertz CT molecular complexity index is 596. The molecular formula is C16H16O3. The molecular weight excluding hydrogens is 240 g/mol. The van der Waals surface area contributed by atoms with E-state index in [-0.39, 0.29) is 6.42 Å². The van der Waals surface area contributed by atoms with Gasteiger partial charge in [0.15, 0.2) is 0 Å². The first-order chi connectivity index (χ1) is 9.22. The van der Waals surface area contributed by atoms with E-state index >= 15 is 0 Å². The standard InChI is InChI=1S/C16H16O3/c1-2-3-11-15(17)19-16(18)14-10-6-8-12-7-4-5-9-13(12)14/h4-10H,2-3,11H2,1H3. The first-order valence-electron chi connectivity index (χ1n) is 6.45. The SMILES string of the molecule is CCCCC(=O)OC(=O)c1cccc2ccccc12. The smallest absolute Gasteiger partial charge is 0.346 e. The summed E-state index contributed by atoms with van der Waals surface area (Å²) in [5.74, 6) is -1.03. The zero-order valence-corrected chi connectivity index (χ0v) is 10.9. The molecule has 0 aromatic heterocycles. The zero-order valence-electron chi connectivity index (χ0n) is 10.9. The highest BCUT2D eigenvalue weighted by Gasteiger charge is 2.14. The molecule has 2 aromatic rings. The van der Waals surface area contributed by atoms with E-state index in [1.54, 1.807) is 12.1 Å². The average molecular weight is 256 g/mol. The second kappa shape index (κ2) is 6.14. The van der Waals surface area contributed by atoms with Crippen molar-refractivity contribution >= 4 is 22.7 Å². The summed E-state index contributed by atoms with van der Waals surface area (Å²) in [5, 5.41) is 1.76. The molecule has 0 radical (unpaired) electrons. The van der Waals surface area contributed by atoms with E-state index in [0.717, 1.165) is 23.6 Å². The normalized spacial score (nSPS) is 10.4. The predicted molar refractivity (Wildman–Crippen MR) is 73.9 cm³/mol. The minimum absolute atomic E-state index is 0.285. The van der Waals surface area contributed by atoms with E-state index in [1.807, 2.05) is 37.3 Å². The van der Waals surface area contributed by atoms with Gasteiger partial charge in [-0.15, -0.1) is 0 Å². The summed E-state index contributed by atoms with van der Waals surface area (Å²) in [7, 11) is 0. The first kappa shape index (κ1) is 13.3. The fourth-order valence-corrected chi connectivity index (χ4v) is 1.93. The lowest BCUT2D eigenvalue weighted by Gasteiger charge is -2.06. The van der Waals surface area contributed by atoms with Crippen molar-refractivity contribution < 1.29 is 14.3 Å². The Kier molecular flexibility index (Phi) is 4.29. The van der Waals surface area contributed by atoms with Crippen molar-refractivity contribution in [3.05, 3.63) is 48.0 Å². The fourth-order valence-electron chi connectivity index (χ4n) is 1.93. The van der Waals surface area contributed by atoms with Gasteiger partial charge in [-0.05, 0) is 23.3 Å². The van der Waals surface area contributed by atoms with Crippen LogP contribution in [0.25, 0.3) is 10.8 Å². The molecule has 0 spiro atoms. The third-order valence-electron chi connectivity index (χ3n) is 2.95. The van der Waals surface area contributed by atoms with E-state index < -0.39 is 11.9 Å². The Morgan fingerprint density at radius 1 is 1.05 bits per heavy atom. The van der Waals surface area contributed by atoms with Crippen LogP contribution in [0.5, 0.6) is 0 Å². The van der Waals surface area contributed by atoms with E-state index in [4.69, 9.17) is 4.74 Å². The number of rotatable bonds is 4. The summed E-state index contributed by atoms with van der Waals surface area (Å²) < 4.78 is 4.87. The maximum Gasteiger partial charge on any atom is 0.346 e. The minimum atomic E-state index is -0.571. The quantitative estimate of drug-likeness (QED) is 0.618. The summed E-state index contributed by atoms with van der Waals surface area (Å²) in [6.45, 7) is 1.99. The van der Waals surface area contributed by atoms with Crippen molar-refractivity contribution in [2.75, 3.05) is 0 Å². The lowest BCUT2D eigenvalue weighted by Crippen LogP contribution is -2.12. The van der Waals surface area contributed by atoms with Gasteiger partial charge in [0, 0.05) is 6.42 Å². The van der Waals surface area contributed by atoms with Gasteiger partial charge in [0.2, 0.25) is 0 Å². The van der Waals surface area contributed by atoms with Gasteiger partial charge in [-0.25, -0.2) is 4.79 Å². The molecule has 0 aliphatic carbocycles. The van der Waals surface area contributed by atoms with Crippen LogP contribution in [0.1, 0.15) is 36.5 Å². The van der Waals surface area contributed by atoms with Crippen molar-refractivity contribution in [2.24, 2.45) is 0 Å². The summed E-state index contributed by atoms with van der Waals surface area (Å²) >= 11 is 0. The van der Waals surface area contributed by atoms with Crippen molar-refractivity contribution in [3.8, 4) is 0 Å². The highest BCUT2D eigenvalue weighted by Crippen LogP contribution is 2.19. The maximum atomic E-state index is 12.0. The van der Waals surface area contributed by atoms with Gasteiger partial charge in [0.1, 0.15) is 0 Å². The van der Waals surface area contributed by atoms with Crippen LogP contribution in [0, 0.1) is 0 Å². The Morgan fingerprint density at radius 3 is 2.58 bits per heavy atom. The number of fused-ring (bicyclic) bond motifs is 1. The van der Waals surface area contributed by atoms with Crippen molar-refractivity contribution in [2.45, 2.75) is 26.2 Å². The monoisotopic (exact) mass is 256 g/mol. The van der Waals surface area contributed by atoms with Gasteiger partial charge in [-0.2, -0.15) is 0 Å². The number of esters is 2. The molecule has 0 aliphatic heterocycles. The van der Waals surface area contributed by atoms with Crippen LogP contribution < -0.4 is 0 Å². The number of carbonyl (C=O) groups is 2. The Labute approximate surface area is 112 Å². The zero-order chi connectivity index (χ0) is 13.7. The van der Waals surface area contributed by atoms with Gasteiger partial charge in [0.25, 0.3) is 0 Å². The molecule has 98 valence electrons. The first-order valence-corrected chi connectivity index (χ1v) is 6.45. The Hall–Kier alpha value is -2.16. The highest BCUT2D eigenvalue weighted by molar-refractivity contribution is 6.07. The van der Waals surface area contributed by atoms with Crippen LogP contribution >= 0.6 is 0 Å². The maximum absolute atomic E-state index is 12.0. The minimum Gasteiger partial charge on any atom is -0.389 e. The molecule has 0 saturated carbocycles. The van der Waals surface area contributed by atoms with Crippen LogP contribution in [-0.2, 0) is 9.53 Å². The number of unbranched alkanes of at least 4 members (excludes halogenated alkanes) is 1. The molecule has 2 aromatic carbocycles. The number of carbonyl (C=O) groups excluding carboxylic acids is 2. The summed E-state index contributed by atoms with van der Waals surface area (Å²) in [6.07, 6.45) is 1.92. The topological polar surface area (TPSA) is 43.4 Å². The van der Waals surface area contributed by atoms with Crippen molar-refractivity contribution in [1.29, 1.82) is 0 Å². The summed E-state index contributed by atoms with van der Waals surface area (Å²) in [4.78, 5) is 23.5. The van der Waals surface area contributed by atoms with Crippen LogP contribution in [0.15, 0.2) is 42.5 Å². The highest BCUT2D eigenvalue weighted by atomic mass is 16.6. The summed E-state index contributed by atoms with van der Waals surface area (Å²) in [5.41, 5.74) is 0.433. The summed E-state index contributed by atoms with van der Waals surface area (Å²) in [6, 6.07) is 12.9. The van der Waals surface area contributed by atoms with Gasteiger partial charge in [-0.1, -0.05) is 49.7 Å². The Morgan fingerprint density at radius 2 is 1.79 bits per heavy atom. The van der Waals surface area contributed by atoms with Gasteiger partial charge < -0.3 is 4.74 Å².